The minimum absolute atomic E-state index is 0. The fraction of sp³-hybridized carbons (Fsp3) is 0.538. The number of hydrogen-bond donors (Lipinski definition) is 1. The number of rotatable bonds is 3. The number of halogens is 7. The molecule has 1 aromatic carbocycles. The van der Waals surface area contributed by atoms with Crippen LogP contribution in [-0.2, 0) is 0 Å². The van der Waals surface area contributed by atoms with Crippen molar-refractivity contribution in [2.75, 3.05) is 26.2 Å². The molecule has 0 unspecified atom stereocenters. The molecule has 128 valence electrons. The summed E-state index contributed by atoms with van der Waals surface area (Å²) in [5, 5.41) is 3.62. The normalized spacial score (nSPS) is 17.3. The molecule has 0 spiro atoms. The van der Waals surface area contributed by atoms with Crippen LogP contribution >= 0.6 is 48.0 Å². The molecular formula is C13H17Cl4F3N2. The standard InChI is InChI=1S/C13H15Cl2F3N2.2ClH/c14-10-3-1-2-9(12(10)15)11(8-13(16,17)18)20-6-4-19-5-7-20;;/h1-3,11,19H,4-8H2;2*1H/t11-;;/m1../s1. The molecule has 0 amide bonds. The second kappa shape index (κ2) is 9.40. The van der Waals surface area contributed by atoms with Gasteiger partial charge in [-0.1, -0.05) is 35.3 Å². The van der Waals surface area contributed by atoms with Gasteiger partial charge >= 0.3 is 6.18 Å². The first-order valence-electron chi connectivity index (χ1n) is 6.34. The lowest BCUT2D eigenvalue weighted by molar-refractivity contribution is -0.148. The lowest BCUT2D eigenvalue weighted by atomic mass is 10.0. The van der Waals surface area contributed by atoms with Gasteiger partial charge in [-0.25, -0.2) is 0 Å². The molecule has 22 heavy (non-hydrogen) atoms. The van der Waals surface area contributed by atoms with Crippen LogP contribution in [-0.4, -0.2) is 37.3 Å². The van der Waals surface area contributed by atoms with Crippen molar-refractivity contribution in [1.29, 1.82) is 0 Å². The van der Waals surface area contributed by atoms with Crippen molar-refractivity contribution in [2.45, 2.75) is 18.6 Å². The van der Waals surface area contributed by atoms with E-state index < -0.39 is 18.6 Å². The van der Waals surface area contributed by atoms with Crippen molar-refractivity contribution in [3.8, 4) is 0 Å². The van der Waals surface area contributed by atoms with Crippen molar-refractivity contribution < 1.29 is 13.2 Å². The van der Waals surface area contributed by atoms with Crippen molar-refractivity contribution in [2.24, 2.45) is 0 Å². The Hall–Kier alpha value is 0.0900. The Bertz CT molecular complexity index is 465. The van der Waals surface area contributed by atoms with Crippen LogP contribution in [0.15, 0.2) is 18.2 Å². The van der Waals surface area contributed by atoms with Crippen LogP contribution in [0.4, 0.5) is 13.2 Å². The predicted octanol–water partition coefficient (Wildman–Crippen LogP) is 4.74. The van der Waals surface area contributed by atoms with Gasteiger partial charge in [-0.2, -0.15) is 13.2 Å². The van der Waals surface area contributed by atoms with Gasteiger partial charge in [-0.05, 0) is 11.6 Å². The fourth-order valence-corrected chi connectivity index (χ4v) is 2.86. The van der Waals surface area contributed by atoms with Gasteiger partial charge in [0.25, 0.3) is 0 Å². The van der Waals surface area contributed by atoms with E-state index in [9.17, 15) is 13.2 Å². The molecule has 1 aromatic rings. The number of nitrogens with one attached hydrogen (secondary N) is 1. The maximum Gasteiger partial charge on any atom is 0.390 e. The van der Waals surface area contributed by atoms with Crippen molar-refractivity contribution >= 4 is 48.0 Å². The number of nitrogens with zero attached hydrogens (tertiary/aromatic N) is 1. The Balaban J connectivity index is 0.00000220. The Morgan fingerprint density at radius 1 is 1.14 bits per heavy atom. The Kier molecular flexibility index (Phi) is 9.44. The van der Waals surface area contributed by atoms with E-state index in [-0.39, 0.29) is 34.9 Å². The minimum atomic E-state index is -4.25. The Morgan fingerprint density at radius 3 is 2.27 bits per heavy atom. The summed E-state index contributed by atoms with van der Waals surface area (Å²) in [5.41, 5.74) is 0.443. The first-order chi connectivity index (χ1) is 9.38. The molecule has 0 radical (unpaired) electrons. The van der Waals surface area contributed by atoms with Crippen molar-refractivity contribution in [3.63, 3.8) is 0 Å². The average molecular weight is 400 g/mol. The van der Waals surface area contributed by atoms with Crippen LogP contribution in [0.3, 0.4) is 0 Å². The number of alkyl halides is 3. The summed E-state index contributed by atoms with van der Waals surface area (Å²) in [5.74, 6) is 0. The van der Waals surface area contributed by atoms with E-state index in [1.807, 2.05) is 4.90 Å². The van der Waals surface area contributed by atoms with Gasteiger partial charge in [-0.15, -0.1) is 24.8 Å². The summed E-state index contributed by atoms with van der Waals surface area (Å²) < 4.78 is 38.6. The van der Waals surface area contributed by atoms with Crippen LogP contribution in [0.25, 0.3) is 0 Å². The third-order valence-electron chi connectivity index (χ3n) is 3.36. The second-order valence-electron chi connectivity index (χ2n) is 4.76. The molecular weight excluding hydrogens is 383 g/mol. The summed E-state index contributed by atoms with van der Waals surface area (Å²) in [4.78, 5) is 1.81. The molecule has 1 saturated heterocycles. The van der Waals surface area contributed by atoms with Gasteiger partial charge in [0.2, 0.25) is 0 Å². The van der Waals surface area contributed by atoms with Crippen LogP contribution in [0.2, 0.25) is 10.0 Å². The van der Waals surface area contributed by atoms with Crippen LogP contribution < -0.4 is 5.32 Å². The van der Waals surface area contributed by atoms with Crippen LogP contribution in [0, 0.1) is 0 Å². The molecule has 0 bridgehead atoms. The number of piperazine rings is 1. The lowest BCUT2D eigenvalue weighted by Crippen LogP contribution is -2.46. The summed E-state index contributed by atoms with van der Waals surface area (Å²) >= 11 is 12.0. The second-order valence-corrected chi connectivity index (χ2v) is 5.55. The van der Waals surface area contributed by atoms with Gasteiger partial charge in [0.05, 0.1) is 16.5 Å². The molecule has 1 aliphatic heterocycles. The van der Waals surface area contributed by atoms with E-state index in [0.717, 1.165) is 0 Å². The monoisotopic (exact) mass is 398 g/mol. The summed E-state index contributed by atoms with van der Waals surface area (Å²) in [6, 6.07) is 4.04. The van der Waals surface area contributed by atoms with Gasteiger partial charge in [0.1, 0.15) is 0 Å². The quantitative estimate of drug-likeness (QED) is 0.789. The smallest absolute Gasteiger partial charge is 0.314 e. The minimum Gasteiger partial charge on any atom is -0.314 e. The van der Waals surface area contributed by atoms with E-state index in [4.69, 9.17) is 23.2 Å². The molecule has 2 rings (SSSR count). The summed E-state index contributed by atoms with van der Waals surface area (Å²) in [6.45, 7) is 2.46. The highest BCUT2D eigenvalue weighted by Crippen LogP contribution is 2.39. The molecule has 0 aromatic heterocycles. The molecule has 1 N–H and O–H groups in total. The fourth-order valence-electron chi connectivity index (χ4n) is 2.43. The van der Waals surface area contributed by atoms with Gasteiger partial charge < -0.3 is 5.32 Å². The SMILES string of the molecule is Cl.Cl.FC(F)(F)C[C@H](c1cccc(Cl)c1Cl)N1CCNCC1. The highest BCUT2D eigenvalue weighted by atomic mass is 35.5. The third kappa shape index (κ3) is 5.95. The molecule has 1 aliphatic rings. The first-order valence-corrected chi connectivity index (χ1v) is 7.09. The molecule has 0 aliphatic carbocycles. The van der Waals surface area contributed by atoms with Crippen molar-refractivity contribution in [1.82, 2.24) is 10.2 Å². The van der Waals surface area contributed by atoms with Crippen molar-refractivity contribution in [3.05, 3.63) is 33.8 Å². The number of hydrogen-bond acceptors (Lipinski definition) is 2. The summed E-state index contributed by atoms with van der Waals surface area (Å²) in [6.07, 6.45) is -5.17. The van der Waals surface area contributed by atoms with E-state index in [0.29, 0.717) is 31.7 Å². The molecule has 9 heteroatoms. The van der Waals surface area contributed by atoms with Crippen LogP contribution in [0.5, 0.6) is 0 Å². The van der Waals surface area contributed by atoms with E-state index in [1.165, 1.54) is 0 Å². The first kappa shape index (κ1) is 22.1. The van der Waals surface area contributed by atoms with Gasteiger partial charge in [0, 0.05) is 32.2 Å². The third-order valence-corrected chi connectivity index (χ3v) is 4.19. The van der Waals surface area contributed by atoms with E-state index in [2.05, 4.69) is 5.32 Å². The highest BCUT2D eigenvalue weighted by molar-refractivity contribution is 6.42. The Labute approximate surface area is 150 Å². The zero-order chi connectivity index (χ0) is 14.8. The topological polar surface area (TPSA) is 15.3 Å². The largest absolute Gasteiger partial charge is 0.390 e. The maximum absolute atomic E-state index is 12.9. The molecule has 0 saturated carbocycles. The highest BCUT2D eigenvalue weighted by Gasteiger charge is 2.36. The molecule has 1 fully saturated rings. The van der Waals surface area contributed by atoms with Gasteiger partial charge in [0.15, 0.2) is 0 Å². The molecule has 1 atom stereocenters. The van der Waals surface area contributed by atoms with E-state index >= 15 is 0 Å². The van der Waals surface area contributed by atoms with Gasteiger partial charge in [-0.3, -0.25) is 4.90 Å². The predicted molar refractivity (Wildman–Crippen MR) is 88.8 cm³/mol. The average Bonchev–Trinajstić information content (AvgIpc) is 2.40. The summed E-state index contributed by atoms with van der Waals surface area (Å²) in [7, 11) is 0. The zero-order valence-corrected chi connectivity index (χ0v) is 14.6. The number of benzene rings is 1. The molecule has 2 nitrogen and oxygen atoms in total. The zero-order valence-electron chi connectivity index (χ0n) is 11.5. The molecule has 1 heterocycles. The van der Waals surface area contributed by atoms with Crippen LogP contribution in [0.1, 0.15) is 18.0 Å². The van der Waals surface area contributed by atoms with E-state index in [1.54, 1.807) is 18.2 Å². The maximum atomic E-state index is 12.9. The lowest BCUT2D eigenvalue weighted by Gasteiger charge is -2.36. The Morgan fingerprint density at radius 2 is 1.73 bits per heavy atom.